The Morgan fingerprint density at radius 2 is 1.75 bits per heavy atom. The fraction of sp³-hybridized carbons (Fsp3) is 0.240. The first kappa shape index (κ1) is 23.9. The van der Waals surface area contributed by atoms with E-state index in [4.69, 9.17) is 8.94 Å². The van der Waals surface area contributed by atoms with Crippen LogP contribution in [0.3, 0.4) is 0 Å². The highest BCUT2D eigenvalue weighted by molar-refractivity contribution is 7.89. The molecule has 36 heavy (non-hydrogen) atoms. The lowest BCUT2D eigenvalue weighted by atomic mass is 9.98. The molecule has 1 aliphatic rings. The van der Waals surface area contributed by atoms with Crippen molar-refractivity contribution in [1.29, 1.82) is 0 Å². The molecular formula is C25H22FN3O6S. The van der Waals surface area contributed by atoms with E-state index in [9.17, 15) is 22.4 Å². The second kappa shape index (κ2) is 8.68. The van der Waals surface area contributed by atoms with E-state index in [1.807, 2.05) is 0 Å². The molecule has 1 unspecified atom stereocenters. The summed E-state index contributed by atoms with van der Waals surface area (Å²) in [6, 6.07) is 9.99. The molecule has 1 aliphatic heterocycles. The van der Waals surface area contributed by atoms with E-state index in [2.05, 4.69) is 5.16 Å². The maximum atomic E-state index is 13.9. The van der Waals surface area contributed by atoms with Crippen LogP contribution in [0.25, 0.3) is 11.0 Å². The number of fused-ring (bicyclic) bond motifs is 2. The van der Waals surface area contributed by atoms with Gasteiger partial charge in [0.05, 0.1) is 21.9 Å². The molecule has 1 amide bonds. The van der Waals surface area contributed by atoms with Crippen LogP contribution in [0, 0.1) is 12.7 Å². The minimum atomic E-state index is -3.71. The molecule has 0 saturated carbocycles. The summed E-state index contributed by atoms with van der Waals surface area (Å²) >= 11 is 0. The van der Waals surface area contributed by atoms with Gasteiger partial charge in [-0.3, -0.25) is 14.5 Å². The number of aryl methyl sites for hydroxylation is 1. The Labute approximate surface area is 205 Å². The lowest BCUT2D eigenvalue weighted by molar-refractivity contribution is 0.0969. The van der Waals surface area contributed by atoms with E-state index < -0.39 is 33.2 Å². The number of halogens is 1. The molecule has 0 saturated heterocycles. The summed E-state index contributed by atoms with van der Waals surface area (Å²) in [5, 5.41) is 3.94. The predicted molar refractivity (Wildman–Crippen MR) is 129 cm³/mol. The fourth-order valence-corrected chi connectivity index (χ4v) is 5.96. The van der Waals surface area contributed by atoms with Gasteiger partial charge in [0.2, 0.25) is 15.8 Å². The van der Waals surface area contributed by atoms with Crippen molar-refractivity contribution in [3.05, 3.63) is 87.2 Å². The summed E-state index contributed by atoms with van der Waals surface area (Å²) < 4.78 is 52.1. The van der Waals surface area contributed by atoms with Crippen LogP contribution in [0.2, 0.25) is 0 Å². The van der Waals surface area contributed by atoms with Crippen LogP contribution in [0.4, 0.5) is 10.2 Å². The zero-order valence-corrected chi connectivity index (χ0v) is 20.5. The van der Waals surface area contributed by atoms with Gasteiger partial charge in [0.15, 0.2) is 11.2 Å². The van der Waals surface area contributed by atoms with Gasteiger partial charge in [-0.25, -0.2) is 12.8 Å². The van der Waals surface area contributed by atoms with Crippen molar-refractivity contribution < 1.29 is 26.5 Å². The van der Waals surface area contributed by atoms with Crippen molar-refractivity contribution in [2.45, 2.75) is 31.7 Å². The molecule has 5 rings (SSSR count). The number of carbonyl (C=O) groups is 1. The van der Waals surface area contributed by atoms with Crippen molar-refractivity contribution in [2.24, 2.45) is 0 Å². The smallest absolute Gasteiger partial charge is 0.296 e. The van der Waals surface area contributed by atoms with E-state index in [0.29, 0.717) is 24.4 Å². The summed E-state index contributed by atoms with van der Waals surface area (Å²) in [4.78, 5) is 28.3. The first-order chi connectivity index (χ1) is 17.2. The summed E-state index contributed by atoms with van der Waals surface area (Å²) in [5.74, 6) is -0.829. The molecule has 4 aromatic rings. The maximum absolute atomic E-state index is 13.9. The minimum absolute atomic E-state index is 0.00883. The van der Waals surface area contributed by atoms with Gasteiger partial charge in [0, 0.05) is 19.2 Å². The van der Waals surface area contributed by atoms with Crippen molar-refractivity contribution in [3.8, 4) is 0 Å². The summed E-state index contributed by atoms with van der Waals surface area (Å²) in [6.07, 6.45) is 0. The molecule has 0 spiro atoms. The average molecular weight is 512 g/mol. The van der Waals surface area contributed by atoms with Crippen molar-refractivity contribution in [1.82, 2.24) is 9.46 Å². The number of aromatic nitrogens is 1. The summed E-state index contributed by atoms with van der Waals surface area (Å²) in [5.41, 5.74) is -0.0276. The highest BCUT2D eigenvalue weighted by atomic mass is 32.2. The van der Waals surface area contributed by atoms with Crippen LogP contribution in [-0.2, 0) is 10.0 Å². The molecule has 0 radical (unpaired) electrons. The zero-order valence-electron chi connectivity index (χ0n) is 19.7. The van der Waals surface area contributed by atoms with Crippen LogP contribution in [-0.4, -0.2) is 36.9 Å². The molecule has 2 aromatic carbocycles. The largest absolute Gasteiger partial charge is 0.450 e. The number of carbonyl (C=O) groups excluding carboxylic acids is 1. The first-order valence-electron chi connectivity index (χ1n) is 11.3. The van der Waals surface area contributed by atoms with E-state index >= 15 is 0 Å². The number of rotatable bonds is 6. The molecule has 0 N–H and O–H groups in total. The monoisotopic (exact) mass is 511 g/mol. The highest BCUT2D eigenvalue weighted by Gasteiger charge is 2.45. The van der Waals surface area contributed by atoms with Crippen LogP contribution in [0.15, 0.2) is 67.2 Å². The molecule has 0 aliphatic carbocycles. The molecule has 2 aromatic heterocycles. The Kier molecular flexibility index (Phi) is 5.76. The third-order valence-corrected chi connectivity index (χ3v) is 8.30. The summed E-state index contributed by atoms with van der Waals surface area (Å²) in [7, 11) is -3.71. The van der Waals surface area contributed by atoms with Gasteiger partial charge < -0.3 is 8.94 Å². The van der Waals surface area contributed by atoms with Gasteiger partial charge in [0.25, 0.3) is 5.91 Å². The molecule has 186 valence electrons. The summed E-state index contributed by atoms with van der Waals surface area (Å²) in [6.45, 7) is 5.79. The van der Waals surface area contributed by atoms with Crippen LogP contribution in [0.5, 0.6) is 0 Å². The van der Waals surface area contributed by atoms with E-state index in [1.165, 1.54) is 27.4 Å². The Hall–Kier alpha value is -3.83. The first-order valence-corrected chi connectivity index (χ1v) is 12.7. The number of nitrogens with zero attached hydrogens (tertiary/aromatic N) is 3. The second-order valence-corrected chi connectivity index (χ2v) is 10.3. The minimum Gasteiger partial charge on any atom is -0.450 e. The van der Waals surface area contributed by atoms with Gasteiger partial charge >= 0.3 is 0 Å². The van der Waals surface area contributed by atoms with Crippen LogP contribution >= 0.6 is 0 Å². The van der Waals surface area contributed by atoms with E-state index in [-0.39, 0.29) is 33.0 Å². The maximum Gasteiger partial charge on any atom is 0.296 e. The predicted octanol–water partition coefficient (Wildman–Crippen LogP) is 4.01. The molecule has 3 heterocycles. The van der Waals surface area contributed by atoms with E-state index in [1.54, 1.807) is 39.0 Å². The molecule has 9 nitrogen and oxygen atoms in total. The Bertz CT molecular complexity index is 1660. The second-order valence-electron chi connectivity index (χ2n) is 8.35. The van der Waals surface area contributed by atoms with Gasteiger partial charge in [-0.05, 0) is 42.8 Å². The van der Waals surface area contributed by atoms with Crippen LogP contribution in [0.1, 0.15) is 47.3 Å². The normalized spacial score (nSPS) is 15.8. The van der Waals surface area contributed by atoms with Crippen molar-refractivity contribution >= 4 is 32.7 Å². The zero-order chi connectivity index (χ0) is 25.8. The number of hydrogen-bond donors (Lipinski definition) is 0. The third kappa shape index (κ3) is 3.62. The lowest BCUT2D eigenvalue weighted by Gasteiger charge is -2.23. The number of benzene rings is 2. The topological polar surface area (TPSA) is 114 Å². The Morgan fingerprint density at radius 1 is 1.06 bits per heavy atom. The SMILES string of the molecule is CCN(CC)S(=O)(=O)c1ccc(C2c3c(oc4ccc(F)cc4c3=O)C(=O)N2c2cc(C)on2)cc1. The molecule has 0 fully saturated rings. The Balaban J connectivity index is 1.71. The molecule has 0 bridgehead atoms. The number of hydrogen-bond acceptors (Lipinski definition) is 7. The number of anilines is 1. The standard InChI is InChI=1S/C25H22FN3O6S/c1-4-28(5-2)36(32,33)17-9-6-15(7-10-17)22-21-23(30)18-13-16(26)8-11-19(18)34-24(21)25(31)29(22)20-12-14(3)35-27-20/h6-13,22H,4-5H2,1-3H3. The average Bonchev–Trinajstić information content (AvgIpc) is 3.41. The highest BCUT2D eigenvalue weighted by Crippen LogP contribution is 2.41. The van der Waals surface area contributed by atoms with Gasteiger partial charge in [0.1, 0.15) is 17.2 Å². The van der Waals surface area contributed by atoms with Crippen molar-refractivity contribution in [2.75, 3.05) is 18.0 Å². The van der Waals surface area contributed by atoms with E-state index in [0.717, 1.165) is 12.1 Å². The number of sulfonamides is 1. The van der Waals surface area contributed by atoms with Crippen molar-refractivity contribution in [3.63, 3.8) is 0 Å². The van der Waals surface area contributed by atoms with Gasteiger partial charge in [-0.15, -0.1) is 0 Å². The van der Waals surface area contributed by atoms with Gasteiger partial charge in [-0.2, -0.15) is 4.31 Å². The fourth-order valence-electron chi connectivity index (χ4n) is 4.50. The molecule has 11 heteroatoms. The van der Waals surface area contributed by atoms with Crippen LogP contribution < -0.4 is 10.3 Å². The molecule has 1 atom stereocenters. The third-order valence-electron chi connectivity index (χ3n) is 6.23. The van der Waals surface area contributed by atoms with Gasteiger partial charge in [-0.1, -0.05) is 31.1 Å². The quantitative estimate of drug-likeness (QED) is 0.384. The molecular weight excluding hydrogens is 489 g/mol. The lowest BCUT2D eigenvalue weighted by Crippen LogP contribution is -2.31. The number of amides is 1. The Morgan fingerprint density at radius 3 is 2.36 bits per heavy atom.